The molecule has 0 saturated carbocycles. The molecular formula is C18H16N4O3. The Hall–Kier alpha value is -3.35. The Morgan fingerprint density at radius 2 is 1.96 bits per heavy atom. The number of carbonyl (C=O) groups excluding carboxylic acids is 1. The van der Waals surface area contributed by atoms with Gasteiger partial charge in [-0.1, -0.05) is 12.1 Å². The van der Waals surface area contributed by atoms with Gasteiger partial charge in [-0.15, -0.1) is 0 Å². The third-order valence-electron chi connectivity index (χ3n) is 3.89. The van der Waals surface area contributed by atoms with Crippen LogP contribution in [-0.2, 0) is 4.79 Å². The van der Waals surface area contributed by atoms with Gasteiger partial charge in [-0.25, -0.2) is 9.97 Å². The Morgan fingerprint density at radius 1 is 1.16 bits per heavy atom. The van der Waals surface area contributed by atoms with Gasteiger partial charge in [-0.05, 0) is 31.2 Å². The SMILES string of the molecule is C[C@H]1Oc2ccccc2O[C@@H]1C(=O)Nc1ccc(-n2ccnc2)nc1. The van der Waals surface area contributed by atoms with Gasteiger partial charge in [0.2, 0.25) is 6.10 Å². The first kappa shape index (κ1) is 15.2. The van der Waals surface area contributed by atoms with Crippen molar-refractivity contribution in [2.75, 3.05) is 5.32 Å². The van der Waals surface area contributed by atoms with Crippen LogP contribution in [0.4, 0.5) is 5.69 Å². The highest BCUT2D eigenvalue weighted by molar-refractivity contribution is 5.95. The highest BCUT2D eigenvalue weighted by Gasteiger charge is 2.34. The van der Waals surface area contributed by atoms with Crippen LogP contribution in [0.15, 0.2) is 61.3 Å². The number of hydrogen-bond acceptors (Lipinski definition) is 5. The van der Waals surface area contributed by atoms with Gasteiger partial charge >= 0.3 is 0 Å². The highest BCUT2D eigenvalue weighted by atomic mass is 16.6. The number of aromatic nitrogens is 3. The molecule has 7 heteroatoms. The van der Waals surface area contributed by atoms with Gasteiger partial charge in [0.1, 0.15) is 18.2 Å². The molecule has 126 valence electrons. The van der Waals surface area contributed by atoms with Crippen molar-refractivity contribution < 1.29 is 14.3 Å². The fraction of sp³-hybridized carbons (Fsp3) is 0.167. The Kier molecular flexibility index (Phi) is 3.81. The molecule has 0 fully saturated rings. The van der Waals surface area contributed by atoms with Crippen LogP contribution in [0.5, 0.6) is 11.5 Å². The molecule has 3 aromatic rings. The van der Waals surface area contributed by atoms with Crippen LogP contribution in [0.1, 0.15) is 6.92 Å². The molecule has 1 amide bonds. The van der Waals surface area contributed by atoms with E-state index in [4.69, 9.17) is 9.47 Å². The van der Waals surface area contributed by atoms with Crippen LogP contribution in [-0.4, -0.2) is 32.7 Å². The van der Waals surface area contributed by atoms with Crippen molar-refractivity contribution in [2.24, 2.45) is 0 Å². The number of benzene rings is 1. The molecule has 0 aliphatic carbocycles. The Morgan fingerprint density at radius 3 is 2.64 bits per heavy atom. The molecule has 7 nitrogen and oxygen atoms in total. The van der Waals surface area contributed by atoms with Crippen LogP contribution in [0.25, 0.3) is 5.82 Å². The Bertz CT molecular complexity index is 878. The lowest BCUT2D eigenvalue weighted by Gasteiger charge is -2.30. The lowest BCUT2D eigenvalue weighted by atomic mass is 10.1. The number of pyridine rings is 1. The molecule has 25 heavy (non-hydrogen) atoms. The number of para-hydroxylation sites is 2. The fourth-order valence-electron chi connectivity index (χ4n) is 2.63. The zero-order chi connectivity index (χ0) is 17.2. The number of anilines is 1. The first-order valence-electron chi connectivity index (χ1n) is 7.88. The minimum atomic E-state index is -0.733. The van der Waals surface area contributed by atoms with Gasteiger partial charge in [0.05, 0.1) is 11.9 Å². The van der Waals surface area contributed by atoms with E-state index in [1.165, 1.54) is 0 Å². The van der Waals surface area contributed by atoms with Crippen molar-refractivity contribution in [3.8, 4) is 17.3 Å². The summed E-state index contributed by atoms with van der Waals surface area (Å²) in [4.78, 5) is 20.8. The average molecular weight is 336 g/mol. The lowest BCUT2D eigenvalue weighted by molar-refractivity contribution is -0.128. The molecule has 1 aromatic carbocycles. The second-order valence-corrected chi connectivity index (χ2v) is 5.67. The number of rotatable bonds is 3. The van der Waals surface area contributed by atoms with Crippen molar-refractivity contribution in [2.45, 2.75) is 19.1 Å². The molecule has 2 aromatic heterocycles. The second kappa shape index (κ2) is 6.27. The molecule has 1 aliphatic rings. The molecule has 0 spiro atoms. The largest absolute Gasteiger partial charge is 0.482 e. The molecule has 1 aliphatic heterocycles. The number of amides is 1. The summed E-state index contributed by atoms with van der Waals surface area (Å²) in [6, 6.07) is 10.9. The number of nitrogens with one attached hydrogen (secondary N) is 1. The summed E-state index contributed by atoms with van der Waals surface area (Å²) in [6.45, 7) is 1.81. The van der Waals surface area contributed by atoms with E-state index in [-0.39, 0.29) is 5.91 Å². The van der Waals surface area contributed by atoms with E-state index in [9.17, 15) is 4.79 Å². The first-order valence-corrected chi connectivity index (χ1v) is 7.88. The van der Waals surface area contributed by atoms with Crippen LogP contribution < -0.4 is 14.8 Å². The molecule has 0 bridgehead atoms. The van der Waals surface area contributed by atoms with Crippen molar-refractivity contribution >= 4 is 11.6 Å². The summed E-state index contributed by atoms with van der Waals surface area (Å²) in [5.74, 6) is 1.65. The number of imidazole rings is 1. The van der Waals surface area contributed by atoms with Gasteiger partial charge in [0.15, 0.2) is 11.5 Å². The predicted octanol–water partition coefficient (Wildman–Crippen LogP) is 2.43. The maximum absolute atomic E-state index is 12.5. The summed E-state index contributed by atoms with van der Waals surface area (Å²) in [5, 5.41) is 2.81. The summed E-state index contributed by atoms with van der Waals surface area (Å²) in [7, 11) is 0. The summed E-state index contributed by atoms with van der Waals surface area (Å²) in [5.41, 5.74) is 0.587. The molecule has 1 N–H and O–H groups in total. The minimum absolute atomic E-state index is 0.279. The molecule has 0 unspecified atom stereocenters. The molecule has 4 rings (SSSR count). The third kappa shape index (κ3) is 3.03. The minimum Gasteiger partial charge on any atom is -0.482 e. The number of nitrogens with zero attached hydrogens (tertiary/aromatic N) is 3. The van der Waals surface area contributed by atoms with E-state index in [0.717, 1.165) is 5.82 Å². The van der Waals surface area contributed by atoms with E-state index < -0.39 is 12.2 Å². The molecule has 0 radical (unpaired) electrons. The quantitative estimate of drug-likeness (QED) is 0.795. The smallest absolute Gasteiger partial charge is 0.269 e. The van der Waals surface area contributed by atoms with E-state index in [1.807, 2.05) is 18.2 Å². The normalized spacial score (nSPS) is 18.6. The summed E-state index contributed by atoms with van der Waals surface area (Å²) < 4.78 is 13.3. The molecule has 3 heterocycles. The lowest BCUT2D eigenvalue weighted by Crippen LogP contribution is -2.46. The monoisotopic (exact) mass is 336 g/mol. The number of fused-ring (bicyclic) bond motifs is 1. The van der Waals surface area contributed by atoms with Crippen LogP contribution in [0.3, 0.4) is 0 Å². The summed E-state index contributed by atoms with van der Waals surface area (Å²) >= 11 is 0. The second-order valence-electron chi connectivity index (χ2n) is 5.67. The molecule has 0 saturated heterocycles. The van der Waals surface area contributed by atoms with Crippen LogP contribution in [0.2, 0.25) is 0 Å². The maximum atomic E-state index is 12.5. The number of hydrogen-bond donors (Lipinski definition) is 1. The third-order valence-corrected chi connectivity index (χ3v) is 3.89. The van der Waals surface area contributed by atoms with Crippen molar-refractivity contribution in [3.05, 3.63) is 61.3 Å². The first-order chi connectivity index (χ1) is 12.2. The van der Waals surface area contributed by atoms with Gasteiger partial charge in [0.25, 0.3) is 5.91 Å². The van der Waals surface area contributed by atoms with Gasteiger partial charge in [-0.3, -0.25) is 9.36 Å². The Labute approximate surface area is 144 Å². The van der Waals surface area contributed by atoms with Crippen molar-refractivity contribution in [1.82, 2.24) is 14.5 Å². The van der Waals surface area contributed by atoms with E-state index in [2.05, 4.69) is 15.3 Å². The van der Waals surface area contributed by atoms with Crippen molar-refractivity contribution in [3.63, 3.8) is 0 Å². The molecule has 2 atom stereocenters. The van der Waals surface area contributed by atoms with E-state index >= 15 is 0 Å². The zero-order valence-corrected chi connectivity index (χ0v) is 13.5. The number of ether oxygens (including phenoxy) is 2. The fourth-order valence-corrected chi connectivity index (χ4v) is 2.63. The summed E-state index contributed by atoms with van der Waals surface area (Å²) in [6.07, 6.45) is 5.60. The topological polar surface area (TPSA) is 78.3 Å². The van der Waals surface area contributed by atoms with Gasteiger partial charge in [-0.2, -0.15) is 0 Å². The van der Waals surface area contributed by atoms with E-state index in [1.54, 1.807) is 54.6 Å². The van der Waals surface area contributed by atoms with E-state index in [0.29, 0.717) is 17.2 Å². The van der Waals surface area contributed by atoms with Crippen LogP contribution in [0, 0.1) is 0 Å². The van der Waals surface area contributed by atoms with Gasteiger partial charge in [0, 0.05) is 12.4 Å². The predicted molar refractivity (Wildman–Crippen MR) is 90.9 cm³/mol. The highest BCUT2D eigenvalue weighted by Crippen LogP contribution is 2.33. The zero-order valence-electron chi connectivity index (χ0n) is 13.5. The molecular weight excluding hydrogens is 320 g/mol. The average Bonchev–Trinajstić information content (AvgIpc) is 3.16. The Balaban J connectivity index is 1.47. The maximum Gasteiger partial charge on any atom is 0.269 e. The van der Waals surface area contributed by atoms with Gasteiger partial charge < -0.3 is 14.8 Å². The standard InChI is InChI=1S/C18H16N4O3/c1-12-17(25-15-5-3-2-4-14(15)24-12)18(23)21-13-6-7-16(20-10-13)22-9-8-19-11-22/h2-12,17H,1H3,(H,21,23)/t12-,17+/m1/s1. The number of carbonyl (C=O) groups is 1. The van der Waals surface area contributed by atoms with Crippen molar-refractivity contribution in [1.29, 1.82) is 0 Å². The van der Waals surface area contributed by atoms with Crippen LogP contribution >= 0.6 is 0 Å².